The molecule has 23 heteroatoms. The van der Waals surface area contributed by atoms with E-state index >= 15 is 4.79 Å². The molecule has 3 aliphatic heterocycles. The third-order valence-corrected chi connectivity index (χ3v) is 20.3. The predicted molar refractivity (Wildman–Crippen MR) is 242 cm³/mol. The van der Waals surface area contributed by atoms with Crippen molar-refractivity contribution in [2.45, 2.75) is 204 Å². The van der Waals surface area contributed by atoms with Gasteiger partial charge < -0.3 is 84.6 Å². The molecular weight excluding hydrogens is 961 g/mol. The molecule has 8 rings (SSSR count). The molecule has 0 spiro atoms. The van der Waals surface area contributed by atoms with Gasteiger partial charge in [0.05, 0.1) is 43.5 Å². The van der Waals surface area contributed by atoms with Crippen LogP contribution in [-0.2, 0) is 47.8 Å². The maximum atomic E-state index is 15.1. The smallest absolute Gasteiger partial charge is 0.397 e. The summed E-state index contributed by atoms with van der Waals surface area (Å²) in [6, 6.07) is 0. The van der Waals surface area contributed by atoms with E-state index in [0.717, 1.165) is 5.57 Å². The van der Waals surface area contributed by atoms with Crippen LogP contribution in [0.3, 0.4) is 0 Å². The number of aliphatic hydroxyl groups is 11. The summed E-state index contributed by atoms with van der Waals surface area (Å²) in [7, 11) is -4.84. The molecule has 7 fully saturated rings. The molecule has 8 aliphatic rings. The van der Waals surface area contributed by atoms with Gasteiger partial charge in [0.25, 0.3) is 0 Å². The fraction of sp³-hybridized carbons (Fsp3) is 0.938. The first-order chi connectivity index (χ1) is 33.0. The molecule has 22 nitrogen and oxygen atoms in total. The van der Waals surface area contributed by atoms with Crippen LogP contribution in [0.2, 0.25) is 0 Å². The summed E-state index contributed by atoms with van der Waals surface area (Å²) >= 11 is 0. The fourth-order valence-electron chi connectivity index (χ4n) is 15.4. The van der Waals surface area contributed by atoms with E-state index in [2.05, 4.69) is 40.7 Å². The van der Waals surface area contributed by atoms with E-state index in [4.69, 9.17) is 32.6 Å². The minimum atomic E-state index is -4.84. The van der Waals surface area contributed by atoms with Crippen molar-refractivity contribution in [2.75, 3.05) is 19.8 Å². The Balaban J connectivity index is 0.991. The Morgan fingerprint density at radius 1 is 0.732 bits per heavy atom. The maximum absolute atomic E-state index is 15.1. The van der Waals surface area contributed by atoms with Crippen LogP contribution in [0.25, 0.3) is 0 Å². The molecule has 0 aromatic rings. The van der Waals surface area contributed by atoms with E-state index in [-0.39, 0.29) is 36.0 Å². The van der Waals surface area contributed by atoms with Crippen molar-refractivity contribution < 1.29 is 107 Å². The quantitative estimate of drug-likeness (QED) is 0.0656. The molecule has 5 aliphatic carbocycles. The van der Waals surface area contributed by atoms with E-state index < -0.39 is 168 Å². The Morgan fingerprint density at radius 3 is 2.03 bits per heavy atom. The van der Waals surface area contributed by atoms with Crippen molar-refractivity contribution in [1.82, 2.24) is 0 Å². The summed E-state index contributed by atoms with van der Waals surface area (Å²) in [6.07, 6.45) is -20.8. The number of allylic oxidation sites excluding steroid dienone is 2. The van der Waals surface area contributed by atoms with Gasteiger partial charge in [0, 0.05) is 5.41 Å². The second kappa shape index (κ2) is 19.8. The predicted octanol–water partition coefficient (Wildman–Crippen LogP) is -1.21. The van der Waals surface area contributed by atoms with Gasteiger partial charge in [-0.25, -0.2) is 4.18 Å². The molecule has 408 valence electrons. The lowest BCUT2D eigenvalue weighted by molar-refractivity contribution is -0.361. The largest absolute Gasteiger partial charge is 0.432 e. The highest BCUT2D eigenvalue weighted by Crippen LogP contribution is 2.76. The van der Waals surface area contributed by atoms with Crippen LogP contribution < -0.4 is 0 Å². The first kappa shape index (κ1) is 55.7. The lowest BCUT2D eigenvalue weighted by Crippen LogP contribution is -2.68. The Morgan fingerprint density at radius 2 is 1.37 bits per heavy atom. The summed E-state index contributed by atoms with van der Waals surface area (Å²) in [5.41, 5.74) is -2.63. The number of rotatable bonds is 11. The summed E-state index contributed by atoms with van der Waals surface area (Å²) in [5, 5.41) is 119. The molecule has 4 saturated carbocycles. The fourth-order valence-corrected chi connectivity index (χ4v) is 15.8. The first-order valence-corrected chi connectivity index (χ1v) is 26.6. The van der Waals surface area contributed by atoms with Crippen LogP contribution in [0.4, 0.5) is 0 Å². The first-order valence-electron chi connectivity index (χ1n) is 25.2. The van der Waals surface area contributed by atoms with E-state index in [1.807, 2.05) is 0 Å². The van der Waals surface area contributed by atoms with E-state index in [1.165, 1.54) is 6.92 Å². The monoisotopic (exact) mass is 1040 g/mol. The summed E-state index contributed by atoms with van der Waals surface area (Å²) < 4.78 is 72.7. The number of esters is 1. The lowest BCUT2D eigenvalue weighted by atomic mass is 9.33. The molecule has 27 atom stereocenters. The number of hydrogen-bond acceptors (Lipinski definition) is 21. The molecule has 0 radical (unpaired) electrons. The standard InChI is InChI=1S/C48H78O22S/c1-20-10-13-48(15-14-46(6)23(29(48)21(20)2)8-9-28-44(4)16-24(50)39(59)45(5,19-65-71(61,62)63)27(44)11-12-47(28,46)7)43(60)70-42-36(57)33(54)31(52)26(68-42)18-64-40-37(58)34(55)38(25(17-49)67-40)69-41-35(56)32(53)30(51)22(3)66-41/h8,20-22,24-42,49-59H,9-19H2,1-7H3,(H,61,62,63). The van der Waals surface area contributed by atoms with Crippen LogP contribution in [0, 0.1) is 56.7 Å². The highest BCUT2D eigenvalue weighted by Gasteiger charge is 2.71. The average molecular weight is 1040 g/mol. The van der Waals surface area contributed by atoms with Crippen LogP contribution in [0.5, 0.6) is 0 Å². The van der Waals surface area contributed by atoms with Crippen LogP contribution in [0.15, 0.2) is 11.6 Å². The van der Waals surface area contributed by atoms with E-state index in [0.29, 0.717) is 44.9 Å². The van der Waals surface area contributed by atoms with Crippen molar-refractivity contribution in [3.05, 3.63) is 11.6 Å². The number of hydrogen-bond donors (Lipinski definition) is 12. The van der Waals surface area contributed by atoms with Gasteiger partial charge in [-0.3, -0.25) is 9.35 Å². The second-order valence-corrected chi connectivity index (χ2v) is 24.5. The third-order valence-electron chi connectivity index (χ3n) is 19.9. The number of ether oxygens (including phenoxy) is 6. The minimum Gasteiger partial charge on any atom is -0.432 e. The van der Waals surface area contributed by atoms with Gasteiger partial charge in [0.2, 0.25) is 6.29 Å². The van der Waals surface area contributed by atoms with Crippen LogP contribution >= 0.6 is 0 Å². The Bertz CT molecular complexity index is 2080. The summed E-state index contributed by atoms with van der Waals surface area (Å²) in [6.45, 7) is 12.1. The number of carbonyl (C=O) groups is 1. The van der Waals surface area contributed by atoms with Crippen molar-refractivity contribution in [3.63, 3.8) is 0 Å². The number of fused-ring (bicyclic) bond motifs is 7. The molecule has 27 unspecified atom stereocenters. The van der Waals surface area contributed by atoms with Gasteiger partial charge in [-0.1, -0.05) is 53.2 Å². The zero-order valence-electron chi connectivity index (χ0n) is 41.4. The molecule has 0 aromatic heterocycles. The molecule has 3 saturated heterocycles. The molecule has 12 N–H and O–H groups in total. The van der Waals surface area contributed by atoms with Crippen molar-refractivity contribution in [3.8, 4) is 0 Å². The molecule has 0 aromatic carbocycles. The Labute approximate surface area is 414 Å². The van der Waals surface area contributed by atoms with Crippen molar-refractivity contribution in [1.29, 1.82) is 0 Å². The van der Waals surface area contributed by atoms with Gasteiger partial charge in [-0.15, -0.1) is 0 Å². The normalized spacial score (nSPS) is 54.4. The second-order valence-electron chi connectivity index (χ2n) is 23.5. The lowest BCUT2D eigenvalue weighted by Gasteiger charge is -2.71. The van der Waals surface area contributed by atoms with Gasteiger partial charge in [0.15, 0.2) is 12.6 Å². The Kier molecular flexibility index (Phi) is 15.5. The van der Waals surface area contributed by atoms with Crippen molar-refractivity contribution in [2.24, 2.45) is 56.7 Å². The molecule has 3 heterocycles. The summed E-state index contributed by atoms with van der Waals surface area (Å²) in [4.78, 5) is 15.1. The molecule has 0 amide bonds. The topological polar surface area (TPSA) is 359 Å². The molecular formula is C48H78O22S. The molecule has 71 heavy (non-hydrogen) atoms. The molecule has 0 bridgehead atoms. The average Bonchev–Trinajstić information content (AvgIpc) is 3.31. The van der Waals surface area contributed by atoms with Gasteiger partial charge in [-0.2, -0.15) is 8.42 Å². The van der Waals surface area contributed by atoms with Crippen LogP contribution in [0.1, 0.15) is 99.8 Å². The third kappa shape index (κ3) is 9.08. The highest BCUT2D eigenvalue weighted by atomic mass is 32.3. The number of aliphatic hydroxyl groups excluding tert-OH is 11. The van der Waals surface area contributed by atoms with Crippen molar-refractivity contribution >= 4 is 16.4 Å². The minimum absolute atomic E-state index is 0.0131. The SMILES string of the molecule is CC1CCC2(C(=O)OC3OC(COC4OC(CO)C(OC5OC(C)C(O)C(O)C5O)C(O)C4O)C(O)C(O)C3O)CCC3(C)C(=CCC4C5(C)CC(O)C(O)C(C)(COS(=O)(=O)O)C5CCC43C)C2C1C. The van der Waals surface area contributed by atoms with Crippen LogP contribution in [-0.4, -0.2) is 199 Å². The highest BCUT2D eigenvalue weighted by molar-refractivity contribution is 7.80. The zero-order chi connectivity index (χ0) is 52.3. The number of carbonyl (C=O) groups excluding carboxylic acids is 1. The van der Waals surface area contributed by atoms with E-state index in [9.17, 15) is 69.1 Å². The zero-order valence-corrected chi connectivity index (χ0v) is 42.2. The maximum Gasteiger partial charge on any atom is 0.397 e. The van der Waals surface area contributed by atoms with Gasteiger partial charge in [0.1, 0.15) is 67.1 Å². The Hall–Kier alpha value is -1.56. The summed E-state index contributed by atoms with van der Waals surface area (Å²) in [5.74, 6) is -1.10. The van der Waals surface area contributed by atoms with E-state index in [1.54, 1.807) is 6.92 Å². The van der Waals surface area contributed by atoms with Gasteiger partial charge in [-0.05, 0) is 104 Å². The van der Waals surface area contributed by atoms with Gasteiger partial charge >= 0.3 is 16.4 Å².